The molecule has 4 heterocycles. The van der Waals surface area contributed by atoms with Gasteiger partial charge >= 0.3 is 0 Å². The highest BCUT2D eigenvalue weighted by Gasteiger charge is 2.44. The van der Waals surface area contributed by atoms with Gasteiger partial charge in [0.1, 0.15) is 6.04 Å². The minimum absolute atomic E-state index is 0.0327. The monoisotopic (exact) mass is 430 g/mol. The smallest absolute Gasteiger partial charge is 0.160 e. The van der Waals surface area contributed by atoms with E-state index in [-0.39, 0.29) is 12.1 Å². The average molecular weight is 431 g/mol. The summed E-state index contributed by atoms with van der Waals surface area (Å²) >= 11 is 1.89. The summed E-state index contributed by atoms with van der Waals surface area (Å²) < 4.78 is 2.44. The molecule has 2 aliphatic heterocycles. The van der Waals surface area contributed by atoms with Crippen molar-refractivity contribution in [1.29, 1.82) is 0 Å². The number of fused-ring (bicyclic) bond motifs is 1. The van der Waals surface area contributed by atoms with E-state index in [1.54, 1.807) is 0 Å². The van der Waals surface area contributed by atoms with Crippen molar-refractivity contribution in [2.45, 2.75) is 58.9 Å². The van der Waals surface area contributed by atoms with Crippen LogP contribution in [0.4, 0.5) is 0 Å². The van der Waals surface area contributed by atoms with Crippen LogP contribution in [0.3, 0.4) is 0 Å². The highest BCUT2D eigenvalue weighted by atomic mass is 32.2. The molecule has 0 saturated carbocycles. The summed E-state index contributed by atoms with van der Waals surface area (Å²) in [5.41, 5.74) is 10.3. The van der Waals surface area contributed by atoms with Crippen molar-refractivity contribution in [3.8, 4) is 5.69 Å². The summed E-state index contributed by atoms with van der Waals surface area (Å²) in [4.78, 5) is 12.4. The van der Waals surface area contributed by atoms with E-state index in [0.29, 0.717) is 5.25 Å². The van der Waals surface area contributed by atoms with E-state index in [1.165, 1.54) is 44.5 Å². The maximum absolute atomic E-state index is 5.16. The molecule has 3 aromatic rings. The first kappa shape index (κ1) is 20.4. The van der Waals surface area contributed by atoms with Gasteiger partial charge in [-0.15, -0.1) is 0 Å². The lowest BCUT2D eigenvalue weighted by Crippen LogP contribution is -2.29. The van der Waals surface area contributed by atoms with E-state index < -0.39 is 0 Å². The summed E-state index contributed by atoms with van der Waals surface area (Å²) in [7, 11) is 0. The van der Waals surface area contributed by atoms with Gasteiger partial charge < -0.3 is 9.47 Å². The zero-order valence-electron chi connectivity index (χ0n) is 19.2. The van der Waals surface area contributed by atoms with E-state index in [2.05, 4.69) is 86.3 Å². The lowest BCUT2D eigenvalue weighted by molar-refractivity contribution is 0.320. The van der Waals surface area contributed by atoms with Crippen LogP contribution in [-0.2, 0) is 0 Å². The van der Waals surface area contributed by atoms with Crippen molar-refractivity contribution >= 4 is 16.9 Å². The Balaban J connectivity index is 1.66. The summed E-state index contributed by atoms with van der Waals surface area (Å²) in [5.74, 6) is 0. The molecule has 1 saturated heterocycles. The number of amidine groups is 1. The summed E-state index contributed by atoms with van der Waals surface area (Å²) in [6.07, 6.45) is 1.88. The number of aryl methyl sites for hydroxylation is 4. The fourth-order valence-corrected chi connectivity index (χ4v) is 6.50. The molecular weight excluding hydrogens is 400 g/mol. The first-order valence-electron chi connectivity index (χ1n) is 11.0. The second-order valence-electron chi connectivity index (χ2n) is 9.05. The molecule has 0 spiro atoms. The van der Waals surface area contributed by atoms with Crippen molar-refractivity contribution in [3.63, 3.8) is 0 Å². The van der Waals surface area contributed by atoms with Gasteiger partial charge in [0.05, 0.1) is 17.4 Å². The number of pyridine rings is 1. The van der Waals surface area contributed by atoms with Gasteiger partial charge in [0, 0.05) is 29.4 Å². The Morgan fingerprint density at radius 3 is 2.42 bits per heavy atom. The molecule has 0 radical (unpaired) electrons. The number of hydrogen-bond acceptors (Lipinski definition) is 4. The van der Waals surface area contributed by atoms with Crippen molar-refractivity contribution in [2.75, 3.05) is 6.54 Å². The molecule has 160 valence electrons. The molecule has 2 aliphatic rings. The van der Waals surface area contributed by atoms with Gasteiger partial charge in [-0.3, -0.25) is 9.98 Å². The van der Waals surface area contributed by atoms with Crippen molar-refractivity contribution < 1.29 is 0 Å². The zero-order valence-corrected chi connectivity index (χ0v) is 20.0. The van der Waals surface area contributed by atoms with Crippen molar-refractivity contribution in [3.05, 3.63) is 81.9 Å². The predicted octanol–water partition coefficient (Wildman–Crippen LogP) is 6.00. The predicted molar refractivity (Wildman–Crippen MR) is 130 cm³/mol. The Kier molecular flexibility index (Phi) is 4.97. The Morgan fingerprint density at radius 2 is 1.74 bits per heavy atom. The first-order valence-corrected chi connectivity index (χ1v) is 11.9. The molecule has 31 heavy (non-hydrogen) atoms. The molecule has 4 nitrogen and oxygen atoms in total. The molecule has 2 aromatic heterocycles. The zero-order chi connectivity index (χ0) is 21.9. The minimum atomic E-state index is 0.0327. The van der Waals surface area contributed by atoms with E-state index >= 15 is 0 Å². The fraction of sp³-hybridized carbons (Fsp3) is 0.385. The van der Waals surface area contributed by atoms with Gasteiger partial charge in [0.25, 0.3) is 0 Å². The Morgan fingerprint density at radius 1 is 1.00 bits per heavy atom. The Labute approximate surface area is 189 Å². The number of thioether (sulfide) groups is 1. The van der Waals surface area contributed by atoms with Crippen LogP contribution in [0.25, 0.3) is 5.69 Å². The molecule has 3 atom stereocenters. The van der Waals surface area contributed by atoms with Crippen LogP contribution >= 0.6 is 11.8 Å². The topological polar surface area (TPSA) is 33.4 Å². The van der Waals surface area contributed by atoms with Gasteiger partial charge in [-0.1, -0.05) is 42.4 Å². The van der Waals surface area contributed by atoms with Gasteiger partial charge in [-0.25, -0.2) is 0 Å². The van der Waals surface area contributed by atoms with Gasteiger partial charge in [-0.2, -0.15) is 0 Å². The van der Waals surface area contributed by atoms with Crippen LogP contribution in [-0.4, -0.2) is 31.4 Å². The van der Waals surface area contributed by atoms with Gasteiger partial charge in [-0.05, 0) is 69.5 Å². The number of aromatic nitrogens is 2. The van der Waals surface area contributed by atoms with Crippen LogP contribution in [0, 0.1) is 34.6 Å². The van der Waals surface area contributed by atoms with Gasteiger partial charge in [0.2, 0.25) is 0 Å². The maximum Gasteiger partial charge on any atom is 0.160 e. The molecular formula is C26H30N4S. The third kappa shape index (κ3) is 3.30. The molecule has 5 rings (SSSR count). The number of benzene rings is 1. The number of hydrogen-bond donors (Lipinski definition) is 0. The third-order valence-electron chi connectivity index (χ3n) is 6.53. The molecule has 0 bridgehead atoms. The normalized spacial score (nSPS) is 22.7. The first-order chi connectivity index (χ1) is 14.8. The molecule has 0 aliphatic carbocycles. The standard InChI is InChI=1S/C26H30N4S/c1-15-11-16(2)24(17(3)12-15)30-18(4)13-21(20(30)6)25-23(22-9-7-8-10-27-22)28-26-29(25)14-19(5)31-26/h7-13,19,23,25H,14H2,1-6H3/t19-,23+,25+/m0/s1. The molecule has 1 fully saturated rings. The summed E-state index contributed by atoms with van der Waals surface area (Å²) in [6.45, 7) is 14.4. The molecule has 1 aromatic carbocycles. The van der Waals surface area contributed by atoms with E-state index in [9.17, 15) is 0 Å². The lowest BCUT2D eigenvalue weighted by Gasteiger charge is -2.27. The largest absolute Gasteiger partial charge is 0.341 e. The Hall–Kier alpha value is -2.53. The second kappa shape index (κ2) is 7.56. The van der Waals surface area contributed by atoms with Crippen LogP contribution < -0.4 is 0 Å². The maximum atomic E-state index is 5.16. The minimum Gasteiger partial charge on any atom is -0.341 e. The quantitative estimate of drug-likeness (QED) is 0.511. The number of nitrogens with zero attached hydrogens (tertiary/aromatic N) is 4. The van der Waals surface area contributed by atoms with Crippen LogP contribution in [0.1, 0.15) is 58.3 Å². The van der Waals surface area contributed by atoms with Crippen LogP contribution in [0.5, 0.6) is 0 Å². The van der Waals surface area contributed by atoms with E-state index in [1.807, 2.05) is 24.0 Å². The van der Waals surface area contributed by atoms with Crippen LogP contribution in [0.2, 0.25) is 0 Å². The molecule has 0 amide bonds. The lowest BCUT2D eigenvalue weighted by atomic mass is 9.96. The van der Waals surface area contributed by atoms with E-state index in [4.69, 9.17) is 4.99 Å². The van der Waals surface area contributed by atoms with Crippen LogP contribution in [0.15, 0.2) is 47.6 Å². The highest BCUT2D eigenvalue weighted by molar-refractivity contribution is 8.14. The molecule has 0 unspecified atom stereocenters. The summed E-state index contributed by atoms with van der Waals surface area (Å²) in [6, 6.07) is 13.3. The second-order valence-corrected chi connectivity index (χ2v) is 10.5. The number of rotatable bonds is 3. The SMILES string of the molecule is Cc1cc(C)c(-n2c(C)cc([C@@H]3[C@@H](c4ccccn4)N=C4S[C@@H](C)CN43)c2C)c(C)c1. The third-order valence-corrected chi connectivity index (χ3v) is 7.63. The Bertz CT molecular complexity index is 1150. The van der Waals surface area contributed by atoms with Gasteiger partial charge in [0.15, 0.2) is 5.17 Å². The van der Waals surface area contributed by atoms with Crippen molar-refractivity contribution in [2.24, 2.45) is 4.99 Å². The summed E-state index contributed by atoms with van der Waals surface area (Å²) in [5, 5.41) is 1.73. The fourth-order valence-electron chi connectivity index (χ4n) is 5.41. The molecule has 0 N–H and O–H groups in total. The van der Waals surface area contributed by atoms with Crippen molar-refractivity contribution in [1.82, 2.24) is 14.5 Å². The van der Waals surface area contributed by atoms with E-state index in [0.717, 1.165) is 12.2 Å². The average Bonchev–Trinajstić information content (AvgIpc) is 3.33. The molecule has 5 heteroatoms. The highest BCUT2D eigenvalue weighted by Crippen LogP contribution is 2.49. The number of aliphatic imine (C=N–C) groups is 1.